The Kier molecular flexibility index (Phi) is 1.03. The Bertz CT molecular complexity index is 390. The minimum atomic E-state index is 0.612. The Hall–Kier alpha value is -1.71. The van der Waals surface area contributed by atoms with Crippen molar-refractivity contribution in [3.8, 4) is 0 Å². The molecule has 0 atom stereocenters. The van der Waals surface area contributed by atoms with Crippen molar-refractivity contribution in [1.29, 1.82) is 0 Å². The van der Waals surface area contributed by atoms with Crippen molar-refractivity contribution < 1.29 is 0 Å². The zero-order chi connectivity index (χ0) is 7.84. The number of aromatic amines is 1. The third kappa shape index (κ3) is 0.797. The van der Waals surface area contributed by atoms with Crippen LogP contribution in [-0.2, 0) is 0 Å². The summed E-state index contributed by atoms with van der Waals surface area (Å²) in [5.74, 6) is 0. The van der Waals surface area contributed by atoms with Gasteiger partial charge in [-0.05, 0) is 12.1 Å². The maximum atomic E-state index is 5.64. The van der Waals surface area contributed by atoms with Crippen LogP contribution in [0.4, 0.5) is 11.4 Å². The van der Waals surface area contributed by atoms with E-state index >= 15 is 0 Å². The first kappa shape index (κ1) is 6.03. The number of nitrogens with one attached hydrogen (secondary N) is 1. The number of nitrogens with two attached hydrogens (primary N) is 2. The molecule has 4 heteroatoms. The van der Waals surface area contributed by atoms with Crippen LogP contribution in [0.3, 0.4) is 0 Å². The van der Waals surface area contributed by atoms with Gasteiger partial charge in [-0.2, -0.15) is 0 Å². The number of nitrogen functional groups attached to an aromatic ring is 2. The molecule has 2 aromatic rings. The molecule has 1 aromatic carbocycles. The number of hydrogen-bond donors (Lipinski definition) is 3. The lowest BCUT2D eigenvalue weighted by molar-refractivity contribution is 1.34. The van der Waals surface area contributed by atoms with Crippen molar-refractivity contribution in [2.24, 2.45) is 0 Å². The molecule has 0 aliphatic carbocycles. The standard InChI is InChI=1S/C7H8N4/c8-4-1-5(9)7-6(2-4)10-3-11-7/h1-3H,8-9H2,(H,10,11). The molecule has 0 saturated heterocycles. The van der Waals surface area contributed by atoms with E-state index < -0.39 is 0 Å². The molecule has 0 aliphatic rings. The highest BCUT2D eigenvalue weighted by atomic mass is 14.9. The van der Waals surface area contributed by atoms with Crippen molar-refractivity contribution in [2.75, 3.05) is 11.5 Å². The van der Waals surface area contributed by atoms with Gasteiger partial charge in [-0.25, -0.2) is 4.98 Å². The van der Waals surface area contributed by atoms with E-state index in [1.165, 1.54) is 0 Å². The molecular weight excluding hydrogens is 140 g/mol. The molecule has 0 aliphatic heterocycles. The molecular formula is C7H8N4. The molecule has 0 unspecified atom stereocenters. The van der Waals surface area contributed by atoms with Crippen LogP contribution in [0.2, 0.25) is 0 Å². The maximum absolute atomic E-state index is 5.64. The molecule has 56 valence electrons. The Morgan fingerprint density at radius 3 is 2.91 bits per heavy atom. The third-order valence-electron chi connectivity index (χ3n) is 1.58. The zero-order valence-electron chi connectivity index (χ0n) is 5.83. The number of aromatic nitrogens is 2. The molecule has 0 spiro atoms. The summed E-state index contributed by atoms with van der Waals surface area (Å²) < 4.78 is 0. The first-order valence-electron chi connectivity index (χ1n) is 3.25. The van der Waals surface area contributed by atoms with Gasteiger partial charge in [0.05, 0.1) is 17.5 Å². The predicted octanol–water partition coefficient (Wildman–Crippen LogP) is 0.727. The van der Waals surface area contributed by atoms with Gasteiger partial charge in [0.15, 0.2) is 0 Å². The Balaban J connectivity index is 2.91. The van der Waals surface area contributed by atoms with Crippen molar-refractivity contribution >= 4 is 22.4 Å². The van der Waals surface area contributed by atoms with E-state index in [2.05, 4.69) is 9.97 Å². The van der Waals surface area contributed by atoms with E-state index in [1.807, 2.05) is 0 Å². The minimum absolute atomic E-state index is 0.612. The van der Waals surface area contributed by atoms with Gasteiger partial charge in [0.2, 0.25) is 0 Å². The summed E-state index contributed by atoms with van der Waals surface area (Å²) in [6, 6.07) is 3.50. The maximum Gasteiger partial charge on any atom is 0.111 e. The van der Waals surface area contributed by atoms with Gasteiger partial charge in [-0.3, -0.25) is 0 Å². The second kappa shape index (κ2) is 1.88. The summed E-state index contributed by atoms with van der Waals surface area (Å²) in [5.41, 5.74) is 14.1. The van der Waals surface area contributed by atoms with E-state index in [0.29, 0.717) is 11.4 Å². The highest BCUT2D eigenvalue weighted by Crippen LogP contribution is 2.20. The van der Waals surface area contributed by atoms with Gasteiger partial charge in [-0.15, -0.1) is 0 Å². The van der Waals surface area contributed by atoms with E-state index in [4.69, 9.17) is 11.5 Å². The fourth-order valence-electron chi connectivity index (χ4n) is 1.10. The van der Waals surface area contributed by atoms with Gasteiger partial charge >= 0.3 is 0 Å². The van der Waals surface area contributed by atoms with E-state index in [-0.39, 0.29) is 0 Å². The van der Waals surface area contributed by atoms with Crippen LogP contribution in [0.1, 0.15) is 0 Å². The van der Waals surface area contributed by atoms with Crippen molar-refractivity contribution in [3.05, 3.63) is 18.5 Å². The lowest BCUT2D eigenvalue weighted by Crippen LogP contribution is -1.90. The van der Waals surface area contributed by atoms with Crippen molar-refractivity contribution in [3.63, 3.8) is 0 Å². The van der Waals surface area contributed by atoms with Gasteiger partial charge in [0, 0.05) is 5.69 Å². The number of H-pyrrole nitrogens is 1. The number of fused-ring (bicyclic) bond motifs is 1. The number of hydrogen-bond acceptors (Lipinski definition) is 3. The van der Waals surface area contributed by atoms with Crippen LogP contribution in [0.25, 0.3) is 11.0 Å². The van der Waals surface area contributed by atoms with Crippen LogP contribution >= 0.6 is 0 Å². The highest BCUT2D eigenvalue weighted by Gasteiger charge is 2.00. The molecule has 4 nitrogen and oxygen atoms in total. The topological polar surface area (TPSA) is 80.7 Å². The number of rotatable bonds is 0. The van der Waals surface area contributed by atoms with Gasteiger partial charge in [0.1, 0.15) is 5.52 Å². The van der Waals surface area contributed by atoms with Gasteiger partial charge < -0.3 is 16.5 Å². The predicted molar refractivity (Wildman–Crippen MR) is 44.9 cm³/mol. The second-order valence-electron chi connectivity index (χ2n) is 2.41. The number of anilines is 2. The van der Waals surface area contributed by atoms with Gasteiger partial charge in [-0.1, -0.05) is 0 Å². The van der Waals surface area contributed by atoms with Crippen LogP contribution in [0, 0.1) is 0 Å². The molecule has 0 saturated carbocycles. The molecule has 2 rings (SSSR count). The largest absolute Gasteiger partial charge is 0.399 e. The summed E-state index contributed by atoms with van der Waals surface area (Å²) in [6.07, 6.45) is 1.60. The van der Waals surface area contributed by atoms with E-state index in [9.17, 15) is 0 Å². The summed E-state index contributed by atoms with van der Waals surface area (Å²) in [5, 5.41) is 0. The highest BCUT2D eigenvalue weighted by molar-refractivity contribution is 5.89. The van der Waals surface area contributed by atoms with Crippen molar-refractivity contribution in [1.82, 2.24) is 9.97 Å². The average molecular weight is 148 g/mol. The summed E-state index contributed by atoms with van der Waals surface area (Å²) in [7, 11) is 0. The summed E-state index contributed by atoms with van der Waals surface area (Å²) in [4.78, 5) is 6.95. The molecule has 0 radical (unpaired) electrons. The molecule has 1 heterocycles. The zero-order valence-corrected chi connectivity index (χ0v) is 5.83. The summed E-state index contributed by atoms with van der Waals surface area (Å²) in [6.45, 7) is 0. The third-order valence-corrected chi connectivity index (χ3v) is 1.58. The van der Waals surface area contributed by atoms with E-state index in [1.54, 1.807) is 18.5 Å². The molecule has 0 bridgehead atoms. The molecule has 0 fully saturated rings. The van der Waals surface area contributed by atoms with Crippen molar-refractivity contribution in [2.45, 2.75) is 0 Å². The lowest BCUT2D eigenvalue weighted by Gasteiger charge is -1.96. The fraction of sp³-hybridized carbons (Fsp3) is 0. The SMILES string of the molecule is Nc1cc(N)c2nc[nH]c2c1. The van der Waals surface area contributed by atoms with Crippen LogP contribution in [0.15, 0.2) is 18.5 Å². The number of imidazole rings is 1. The Morgan fingerprint density at radius 1 is 1.27 bits per heavy atom. The Morgan fingerprint density at radius 2 is 2.09 bits per heavy atom. The second-order valence-corrected chi connectivity index (χ2v) is 2.41. The van der Waals surface area contributed by atoms with E-state index in [0.717, 1.165) is 11.0 Å². The molecule has 11 heavy (non-hydrogen) atoms. The average Bonchev–Trinajstić information content (AvgIpc) is 2.34. The van der Waals surface area contributed by atoms with Crippen LogP contribution in [0.5, 0.6) is 0 Å². The van der Waals surface area contributed by atoms with Crippen LogP contribution in [-0.4, -0.2) is 9.97 Å². The number of benzene rings is 1. The first-order valence-corrected chi connectivity index (χ1v) is 3.25. The Labute approximate surface area is 63.2 Å². The molecule has 1 aromatic heterocycles. The summed E-state index contributed by atoms with van der Waals surface area (Å²) >= 11 is 0. The van der Waals surface area contributed by atoms with Crippen LogP contribution < -0.4 is 11.5 Å². The lowest BCUT2D eigenvalue weighted by atomic mass is 10.2. The smallest absolute Gasteiger partial charge is 0.111 e. The molecule has 5 N–H and O–H groups in total. The monoisotopic (exact) mass is 148 g/mol. The van der Waals surface area contributed by atoms with Gasteiger partial charge in [0.25, 0.3) is 0 Å². The normalized spacial score (nSPS) is 10.5. The fourth-order valence-corrected chi connectivity index (χ4v) is 1.10. The minimum Gasteiger partial charge on any atom is -0.399 e. The first-order chi connectivity index (χ1) is 5.27. The quantitative estimate of drug-likeness (QED) is 0.482. The molecule has 0 amide bonds. The number of nitrogens with zero attached hydrogens (tertiary/aromatic N) is 1.